The van der Waals surface area contributed by atoms with Crippen LogP contribution in [0.25, 0.3) is 0 Å². The molecule has 0 aromatic rings. The van der Waals surface area contributed by atoms with Gasteiger partial charge < -0.3 is 10.4 Å². The number of nitriles is 1. The summed E-state index contributed by atoms with van der Waals surface area (Å²) in [5.74, 6) is 1.94. The molecule has 0 rings (SSSR count). The van der Waals surface area contributed by atoms with Crippen LogP contribution in [0.15, 0.2) is 0 Å². The van der Waals surface area contributed by atoms with Gasteiger partial charge in [0.25, 0.3) is 0 Å². The van der Waals surface area contributed by atoms with Gasteiger partial charge >= 0.3 is 0 Å². The SMILES string of the molecule is CNC(C)(C#N)CCSCCCO. The molecule has 0 amide bonds. The summed E-state index contributed by atoms with van der Waals surface area (Å²) in [5, 5.41) is 20.4. The van der Waals surface area contributed by atoms with Crippen LogP contribution in [0.2, 0.25) is 0 Å². The van der Waals surface area contributed by atoms with E-state index in [1.807, 2.05) is 14.0 Å². The highest BCUT2D eigenvalue weighted by Gasteiger charge is 2.19. The number of aliphatic hydroxyl groups excluding tert-OH is 1. The van der Waals surface area contributed by atoms with Crippen LogP contribution in [-0.4, -0.2) is 35.8 Å². The molecule has 13 heavy (non-hydrogen) atoms. The van der Waals surface area contributed by atoms with Gasteiger partial charge in [0.15, 0.2) is 0 Å². The predicted octanol–water partition coefficient (Wildman–Crippen LogP) is 0.994. The highest BCUT2D eigenvalue weighted by atomic mass is 32.2. The number of hydrogen-bond donors (Lipinski definition) is 2. The summed E-state index contributed by atoms with van der Waals surface area (Å²) in [6.07, 6.45) is 1.68. The average molecular weight is 202 g/mol. The zero-order valence-corrected chi connectivity index (χ0v) is 9.15. The van der Waals surface area contributed by atoms with Crippen molar-refractivity contribution in [3.8, 4) is 6.07 Å². The Balaban J connectivity index is 3.46. The maximum Gasteiger partial charge on any atom is 0.104 e. The summed E-state index contributed by atoms with van der Waals surface area (Å²) >= 11 is 1.78. The van der Waals surface area contributed by atoms with Crippen molar-refractivity contribution in [3.05, 3.63) is 0 Å². The Morgan fingerprint density at radius 2 is 2.23 bits per heavy atom. The third-order valence-electron chi connectivity index (χ3n) is 1.99. The minimum absolute atomic E-state index is 0.258. The molecule has 0 bridgehead atoms. The van der Waals surface area contributed by atoms with Gasteiger partial charge in [0, 0.05) is 6.61 Å². The molecule has 76 valence electrons. The van der Waals surface area contributed by atoms with Gasteiger partial charge in [0.2, 0.25) is 0 Å². The van der Waals surface area contributed by atoms with E-state index in [-0.39, 0.29) is 6.61 Å². The lowest BCUT2D eigenvalue weighted by Gasteiger charge is -2.19. The largest absolute Gasteiger partial charge is 0.396 e. The second-order valence-electron chi connectivity index (χ2n) is 3.13. The second kappa shape index (κ2) is 7.19. The quantitative estimate of drug-likeness (QED) is 0.605. The molecule has 0 saturated carbocycles. The topological polar surface area (TPSA) is 56.0 Å². The zero-order chi connectivity index (χ0) is 10.2. The smallest absolute Gasteiger partial charge is 0.104 e. The van der Waals surface area contributed by atoms with E-state index in [2.05, 4.69) is 11.4 Å². The van der Waals surface area contributed by atoms with E-state index in [4.69, 9.17) is 10.4 Å². The van der Waals surface area contributed by atoms with Gasteiger partial charge in [-0.3, -0.25) is 0 Å². The number of thioether (sulfide) groups is 1. The van der Waals surface area contributed by atoms with Gasteiger partial charge in [-0.25, -0.2) is 0 Å². The first kappa shape index (κ1) is 12.8. The van der Waals surface area contributed by atoms with E-state index < -0.39 is 5.54 Å². The van der Waals surface area contributed by atoms with Crippen LogP contribution in [-0.2, 0) is 0 Å². The third kappa shape index (κ3) is 5.92. The van der Waals surface area contributed by atoms with Crippen LogP contribution in [0, 0.1) is 11.3 Å². The number of aliphatic hydroxyl groups is 1. The van der Waals surface area contributed by atoms with Crippen LogP contribution >= 0.6 is 11.8 Å². The van der Waals surface area contributed by atoms with Crippen LogP contribution in [0.3, 0.4) is 0 Å². The fourth-order valence-electron chi connectivity index (χ4n) is 0.782. The fourth-order valence-corrected chi connectivity index (χ4v) is 1.87. The highest BCUT2D eigenvalue weighted by Crippen LogP contribution is 2.13. The van der Waals surface area contributed by atoms with E-state index >= 15 is 0 Å². The molecule has 1 atom stereocenters. The monoisotopic (exact) mass is 202 g/mol. The highest BCUT2D eigenvalue weighted by molar-refractivity contribution is 7.99. The lowest BCUT2D eigenvalue weighted by Crippen LogP contribution is -2.38. The Hall–Kier alpha value is -0.240. The Morgan fingerprint density at radius 3 is 2.69 bits per heavy atom. The molecule has 0 saturated heterocycles. The van der Waals surface area contributed by atoms with Crippen molar-refractivity contribution in [2.24, 2.45) is 0 Å². The van der Waals surface area contributed by atoms with Crippen molar-refractivity contribution in [2.75, 3.05) is 25.2 Å². The van der Waals surface area contributed by atoms with E-state index in [9.17, 15) is 0 Å². The summed E-state index contributed by atoms with van der Waals surface area (Å²) in [6.45, 7) is 2.16. The van der Waals surface area contributed by atoms with Crippen molar-refractivity contribution in [2.45, 2.75) is 25.3 Å². The molecule has 2 N–H and O–H groups in total. The lowest BCUT2D eigenvalue weighted by molar-refractivity contribution is 0.296. The van der Waals surface area contributed by atoms with Crippen molar-refractivity contribution in [3.63, 3.8) is 0 Å². The summed E-state index contributed by atoms with van der Waals surface area (Å²) in [6, 6.07) is 2.25. The molecule has 0 aliphatic heterocycles. The summed E-state index contributed by atoms with van der Waals surface area (Å²) < 4.78 is 0. The van der Waals surface area contributed by atoms with Crippen molar-refractivity contribution in [1.82, 2.24) is 5.32 Å². The maximum atomic E-state index is 8.83. The first-order valence-corrected chi connectivity index (χ1v) is 5.63. The molecule has 0 radical (unpaired) electrons. The molecule has 0 aromatic carbocycles. The Morgan fingerprint density at radius 1 is 1.54 bits per heavy atom. The Bertz CT molecular complexity index is 169. The van der Waals surface area contributed by atoms with Crippen molar-refractivity contribution < 1.29 is 5.11 Å². The van der Waals surface area contributed by atoms with Gasteiger partial charge in [0.1, 0.15) is 5.54 Å². The number of nitrogens with zero attached hydrogens (tertiary/aromatic N) is 1. The third-order valence-corrected chi connectivity index (χ3v) is 3.06. The van der Waals surface area contributed by atoms with Crippen molar-refractivity contribution in [1.29, 1.82) is 5.26 Å². The van der Waals surface area contributed by atoms with E-state index in [0.29, 0.717) is 0 Å². The van der Waals surface area contributed by atoms with Crippen LogP contribution < -0.4 is 5.32 Å². The molecule has 0 aromatic heterocycles. The molecule has 0 fully saturated rings. The number of nitrogens with one attached hydrogen (secondary N) is 1. The van der Waals surface area contributed by atoms with Gasteiger partial charge in [-0.15, -0.1) is 0 Å². The van der Waals surface area contributed by atoms with E-state index in [1.165, 1.54) is 0 Å². The fraction of sp³-hybridized carbons (Fsp3) is 0.889. The van der Waals surface area contributed by atoms with E-state index in [1.54, 1.807) is 11.8 Å². The van der Waals surface area contributed by atoms with Crippen molar-refractivity contribution >= 4 is 11.8 Å². The van der Waals surface area contributed by atoms with Gasteiger partial charge in [-0.2, -0.15) is 17.0 Å². The molecule has 0 heterocycles. The zero-order valence-electron chi connectivity index (χ0n) is 8.34. The molecule has 3 nitrogen and oxygen atoms in total. The molecule has 0 aliphatic rings. The van der Waals surface area contributed by atoms with Gasteiger partial charge in [-0.1, -0.05) is 0 Å². The summed E-state index contributed by atoms with van der Waals surface area (Å²) in [4.78, 5) is 0. The van der Waals surface area contributed by atoms with E-state index in [0.717, 1.165) is 24.3 Å². The minimum atomic E-state index is -0.397. The van der Waals surface area contributed by atoms with Crippen LogP contribution in [0.1, 0.15) is 19.8 Å². The lowest BCUT2D eigenvalue weighted by atomic mass is 10.0. The number of hydrogen-bond acceptors (Lipinski definition) is 4. The van der Waals surface area contributed by atoms with Crippen LogP contribution in [0.4, 0.5) is 0 Å². The first-order valence-electron chi connectivity index (χ1n) is 4.47. The molecule has 1 unspecified atom stereocenters. The molecule has 4 heteroatoms. The average Bonchev–Trinajstić information content (AvgIpc) is 2.17. The maximum absolute atomic E-state index is 8.83. The second-order valence-corrected chi connectivity index (χ2v) is 4.36. The molecular formula is C9H18N2OS. The summed E-state index contributed by atoms with van der Waals surface area (Å²) in [5.41, 5.74) is -0.397. The van der Waals surface area contributed by atoms with Crippen LogP contribution in [0.5, 0.6) is 0 Å². The summed E-state index contributed by atoms with van der Waals surface area (Å²) in [7, 11) is 1.81. The predicted molar refractivity (Wildman–Crippen MR) is 56.7 cm³/mol. The van der Waals surface area contributed by atoms with Gasteiger partial charge in [-0.05, 0) is 38.3 Å². The normalized spacial score (nSPS) is 14.9. The molecule has 0 spiro atoms. The number of rotatable bonds is 7. The Kier molecular flexibility index (Phi) is 7.06. The minimum Gasteiger partial charge on any atom is -0.396 e. The first-order chi connectivity index (χ1) is 6.18. The Labute approximate surface area is 84.5 Å². The van der Waals surface area contributed by atoms with Gasteiger partial charge in [0.05, 0.1) is 6.07 Å². The standard InChI is InChI=1S/C9H18N2OS/c1-9(8-10,11-2)4-7-13-6-3-5-12/h11-12H,3-7H2,1-2H3. The molecule has 0 aliphatic carbocycles. The molecular weight excluding hydrogens is 184 g/mol.